The van der Waals surface area contributed by atoms with Crippen LogP contribution in [0, 0.1) is 14.9 Å². The van der Waals surface area contributed by atoms with Gasteiger partial charge < -0.3 is 19.8 Å². The van der Waals surface area contributed by atoms with Crippen molar-refractivity contribution in [1.29, 1.82) is 0 Å². The molecule has 60 valence electrons. The van der Waals surface area contributed by atoms with Crippen LogP contribution < -0.4 is 0 Å². The van der Waals surface area contributed by atoms with Gasteiger partial charge in [0.15, 0.2) is 0 Å². The fourth-order valence-corrected chi connectivity index (χ4v) is 0.671. The van der Waals surface area contributed by atoms with Gasteiger partial charge in [0.1, 0.15) is 0 Å². The van der Waals surface area contributed by atoms with Crippen LogP contribution in [0.5, 0.6) is 0 Å². The van der Waals surface area contributed by atoms with Crippen molar-refractivity contribution in [2.45, 2.75) is 20.8 Å². The van der Waals surface area contributed by atoms with Gasteiger partial charge in [0, 0.05) is 0 Å². The zero-order valence-electron chi connectivity index (χ0n) is 8.28. The Morgan fingerprint density at radius 1 is 0.800 bits per heavy atom. The normalized spacial score (nSPS) is 7.20. The molecular formula is C8H21NZn. The first kappa shape index (κ1) is 22.4. The Morgan fingerprint density at radius 3 is 1.00 bits per heavy atom. The standard InChI is InChI=1S/C6H15N.2CH3.Zn/c1-4-7(5-2)6-3;;;/h4-6H2,1-3H3;2*1H3;/q;2*-1;+2. The van der Waals surface area contributed by atoms with Crippen LogP contribution in [0.4, 0.5) is 0 Å². The fraction of sp³-hybridized carbons (Fsp3) is 0.750. The van der Waals surface area contributed by atoms with Gasteiger partial charge in [-0.1, -0.05) is 20.8 Å². The second-order valence-electron chi connectivity index (χ2n) is 1.62. The van der Waals surface area contributed by atoms with Gasteiger partial charge in [-0.25, -0.2) is 0 Å². The van der Waals surface area contributed by atoms with E-state index in [1.54, 1.807) is 0 Å². The second-order valence-corrected chi connectivity index (χ2v) is 1.62. The van der Waals surface area contributed by atoms with Crippen LogP contribution in [0.2, 0.25) is 0 Å². The van der Waals surface area contributed by atoms with E-state index < -0.39 is 0 Å². The number of hydrogen-bond acceptors (Lipinski definition) is 1. The molecule has 0 spiro atoms. The van der Waals surface area contributed by atoms with Gasteiger partial charge in [0.05, 0.1) is 0 Å². The van der Waals surface area contributed by atoms with E-state index in [4.69, 9.17) is 0 Å². The van der Waals surface area contributed by atoms with E-state index in [0.717, 1.165) is 0 Å². The average molecular weight is 197 g/mol. The van der Waals surface area contributed by atoms with Gasteiger partial charge in [-0.05, 0) is 19.6 Å². The maximum Gasteiger partial charge on any atom is 2.00 e. The van der Waals surface area contributed by atoms with Crippen molar-refractivity contribution in [3.8, 4) is 0 Å². The summed E-state index contributed by atoms with van der Waals surface area (Å²) in [6.07, 6.45) is 0. The van der Waals surface area contributed by atoms with Crippen LogP contribution in [-0.4, -0.2) is 24.5 Å². The molecule has 2 heteroatoms. The summed E-state index contributed by atoms with van der Waals surface area (Å²) < 4.78 is 0. The maximum atomic E-state index is 2.38. The number of hydrogen-bond donors (Lipinski definition) is 0. The van der Waals surface area contributed by atoms with Crippen LogP contribution in [-0.2, 0) is 19.5 Å². The molecule has 0 radical (unpaired) electrons. The van der Waals surface area contributed by atoms with Crippen molar-refractivity contribution in [2.75, 3.05) is 19.6 Å². The SMILES string of the molecule is CCN(CC)CC.[CH3-].[CH3-].[Zn+2]. The summed E-state index contributed by atoms with van der Waals surface area (Å²) in [6, 6.07) is 0. The molecule has 0 aromatic carbocycles. The summed E-state index contributed by atoms with van der Waals surface area (Å²) in [5, 5.41) is 0. The Bertz CT molecular complexity index is 30.7. The van der Waals surface area contributed by atoms with E-state index >= 15 is 0 Å². The Balaban J connectivity index is -0.0000000600. The molecule has 0 heterocycles. The molecule has 0 aliphatic rings. The molecule has 0 saturated carbocycles. The molecule has 0 unspecified atom stereocenters. The molecule has 0 fully saturated rings. The van der Waals surface area contributed by atoms with E-state index in [0.29, 0.717) is 0 Å². The van der Waals surface area contributed by atoms with E-state index in [2.05, 4.69) is 25.7 Å². The molecule has 0 aromatic heterocycles. The Kier molecular flexibility index (Phi) is 36.5. The summed E-state index contributed by atoms with van der Waals surface area (Å²) in [7, 11) is 0. The second kappa shape index (κ2) is 16.3. The van der Waals surface area contributed by atoms with Gasteiger partial charge in [-0.15, -0.1) is 0 Å². The molecule has 1 nitrogen and oxygen atoms in total. The first-order valence-electron chi connectivity index (χ1n) is 3.07. The molecular weight excluding hydrogens is 175 g/mol. The largest absolute Gasteiger partial charge is 2.00 e. The minimum Gasteiger partial charge on any atom is -0.358 e. The third-order valence-corrected chi connectivity index (χ3v) is 1.34. The molecule has 0 N–H and O–H groups in total. The van der Waals surface area contributed by atoms with Gasteiger partial charge >= 0.3 is 19.5 Å². The molecule has 0 aromatic rings. The first-order chi connectivity index (χ1) is 3.35. The van der Waals surface area contributed by atoms with Gasteiger partial charge in [0.2, 0.25) is 0 Å². The average Bonchev–Trinajstić information content (AvgIpc) is 1.72. The van der Waals surface area contributed by atoms with Crippen molar-refractivity contribution in [1.82, 2.24) is 4.90 Å². The van der Waals surface area contributed by atoms with Crippen molar-refractivity contribution in [3.05, 3.63) is 14.9 Å². The Labute approximate surface area is 79.9 Å². The van der Waals surface area contributed by atoms with Crippen LogP contribution in [0.15, 0.2) is 0 Å². The predicted molar refractivity (Wildman–Crippen MR) is 46.3 cm³/mol. The predicted octanol–water partition coefficient (Wildman–Crippen LogP) is 2.25. The van der Waals surface area contributed by atoms with Crippen molar-refractivity contribution >= 4 is 0 Å². The van der Waals surface area contributed by atoms with E-state index in [9.17, 15) is 0 Å². The van der Waals surface area contributed by atoms with Crippen LogP contribution >= 0.6 is 0 Å². The molecule has 0 amide bonds. The molecule has 10 heavy (non-hydrogen) atoms. The number of nitrogens with zero attached hydrogens (tertiary/aromatic N) is 1. The van der Waals surface area contributed by atoms with Gasteiger partial charge in [-0.2, -0.15) is 0 Å². The molecule has 0 rings (SSSR count). The first-order valence-corrected chi connectivity index (χ1v) is 3.07. The van der Waals surface area contributed by atoms with Crippen LogP contribution in [0.3, 0.4) is 0 Å². The van der Waals surface area contributed by atoms with Gasteiger partial charge in [-0.3, -0.25) is 0 Å². The number of rotatable bonds is 3. The van der Waals surface area contributed by atoms with Crippen LogP contribution in [0.25, 0.3) is 0 Å². The minimum absolute atomic E-state index is 0. The monoisotopic (exact) mass is 195 g/mol. The summed E-state index contributed by atoms with van der Waals surface area (Å²) in [5.41, 5.74) is 0. The third-order valence-electron chi connectivity index (χ3n) is 1.34. The van der Waals surface area contributed by atoms with Crippen molar-refractivity contribution in [3.63, 3.8) is 0 Å². The topological polar surface area (TPSA) is 3.24 Å². The molecule has 0 aliphatic carbocycles. The van der Waals surface area contributed by atoms with E-state index in [-0.39, 0.29) is 34.3 Å². The van der Waals surface area contributed by atoms with Crippen molar-refractivity contribution < 1.29 is 19.5 Å². The summed E-state index contributed by atoms with van der Waals surface area (Å²) in [6.45, 7) is 10.1. The fourth-order valence-electron chi connectivity index (χ4n) is 0.671. The molecule has 0 saturated heterocycles. The Morgan fingerprint density at radius 2 is 1.00 bits per heavy atom. The molecule has 0 aliphatic heterocycles. The third kappa shape index (κ3) is 11.4. The van der Waals surface area contributed by atoms with E-state index in [1.165, 1.54) is 19.6 Å². The van der Waals surface area contributed by atoms with E-state index in [1.807, 2.05) is 0 Å². The zero-order chi connectivity index (χ0) is 5.70. The summed E-state index contributed by atoms with van der Waals surface area (Å²) in [5.74, 6) is 0. The zero-order valence-corrected chi connectivity index (χ0v) is 11.2. The minimum atomic E-state index is 0. The molecule has 0 bridgehead atoms. The molecule has 0 atom stereocenters. The summed E-state index contributed by atoms with van der Waals surface area (Å²) in [4.78, 5) is 2.38. The maximum absolute atomic E-state index is 2.38. The summed E-state index contributed by atoms with van der Waals surface area (Å²) >= 11 is 0. The van der Waals surface area contributed by atoms with Gasteiger partial charge in [0.25, 0.3) is 0 Å². The Hall–Kier alpha value is 0.583. The van der Waals surface area contributed by atoms with Crippen molar-refractivity contribution in [2.24, 2.45) is 0 Å². The van der Waals surface area contributed by atoms with Crippen LogP contribution in [0.1, 0.15) is 20.8 Å². The quantitative estimate of drug-likeness (QED) is 0.495. The smallest absolute Gasteiger partial charge is 0.358 e.